The average molecular weight is 276 g/mol. The Hall–Kier alpha value is -1.62. The largest absolute Gasteiger partial charge is 0.492 e. The van der Waals surface area contributed by atoms with Gasteiger partial charge in [-0.1, -0.05) is 6.42 Å². The molecule has 108 valence electrons. The predicted molar refractivity (Wildman–Crippen MR) is 75.8 cm³/mol. The summed E-state index contributed by atoms with van der Waals surface area (Å²) in [6.45, 7) is 1.44. The Morgan fingerprint density at radius 1 is 1.25 bits per heavy atom. The Morgan fingerprint density at radius 2 is 2.05 bits per heavy atom. The first-order chi connectivity index (χ1) is 9.72. The van der Waals surface area contributed by atoms with E-state index in [0.717, 1.165) is 18.4 Å². The summed E-state index contributed by atoms with van der Waals surface area (Å²) in [4.78, 5) is 10.1. The molecule has 2 saturated carbocycles. The highest BCUT2D eigenvalue weighted by atomic mass is 16.6. The van der Waals surface area contributed by atoms with E-state index in [4.69, 9.17) is 4.74 Å². The first kappa shape index (κ1) is 13.4. The van der Waals surface area contributed by atoms with Crippen LogP contribution in [-0.2, 0) is 0 Å². The molecule has 0 heterocycles. The van der Waals surface area contributed by atoms with Crippen LogP contribution in [0.15, 0.2) is 24.3 Å². The highest BCUT2D eigenvalue weighted by molar-refractivity contribution is 5.35. The molecule has 20 heavy (non-hydrogen) atoms. The SMILES string of the molecule is O=[N+]([O-])c1ccc(OCCNC2CC3CCC2C3)cc1. The van der Waals surface area contributed by atoms with Gasteiger partial charge in [0.15, 0.2) is 0 Å². The molecule has 0 aliphatic heterocycles. The number of nitrogens with zero attached hydrogens (tertiary/aromatic N) is 1. The molecular formula is C15H20N2O3. The van der Waals surface area contributed by atoms with Gasteiger partial charge in [-0.05, 0) is 43.2 Å². The molecule has 0 aromatic heterocycles. The summed E-state index contributed by atoms with van der Waals surface area (Å²) in [6.07, 6.45) is 5.52. The lowest BCUT2D eigenvalue weighted by atomic mass is 9.95. The van der Waals surface area contributed by atoms with Crippen molar-refractivity contribution in [1.82, 2.24) is 5.32 Å². The van der Waals surface area contributed by atoms with E-state index < -0.39 is 4.92 Å². The van der Waals surface area contributed by atoms with Crippen molar-refractivity contribution in [2.24, 2.45) is 11.8 Å². The quantitative estimate of drug-likeness (QED) is 0.493. The van der Waals surface area contributed by atoms with E-state index >= 15 is 0 Å². The number of nitrogens with one attached hydrogen (secondary N) is 1. The van der Waals surface area contributed by atoms with E-state index in [9.17, 15) is 10.1 Å². The third-order valence-corrected chi connectivity index (χ3v) is 4.56. The summed E-state index contributed by atoms with van der Waals surface area (Å²) >= 11 is 0. The van der Waals surface area contributed by atoms with Crippen molar-refractivity contribution in [1.29, 1.82) is 0 Å². The zero-order chi connectivity index (χ0) is 13.9. The van der Waals surface area contributed by atoms with E-state index in [0.29, 0.717) is 18.4 Å². The molecule has 5 nitrogen and oxygen atoms in total. The molecule has 0 radical (unpaired) electrons. The molecule has 3 unspecified atom stereocenters. The van der Waals surface area contributed by atoms with Crippen molar-refractivity contribution in [3.63, 3.8) is 0 Å². The van der Waals surface area contributed by atoms with Gasteiger partial charge in [-0.15, -0.1) is 0 Å². The number of nitro benzene ring substituents is 1. The molecule has 1 aromatic rings. The lowest BCUT2D eigenvalue weighted by molar-refractivity contribution is -0.384. The highest BCUT2D eigenvalue weighted by Crippen LogP contribution is 2.44. The predicted octanol–water partition coefficient (Wildman–Crippen LogP) is 2.75. The number of rotatable bonds is 6. The first-order valence-electron chi connectivity index (χ1n) is 7.33. The van der Waals surface area contributed by atoms with Crippen molar-refractivity contribution < 1.29 is 9.66 Å². The second kappa shape index (κ2) is 5.79. The summed E-state index contributed by atoms with van der Waals surface area (Å²) in [5, 5.41) is 14.1. The van der Waals surface area contributed by atoms with Crippen molar-refractivity contribution in [2.45, 2.75) is 31.7 Å². The van der Waals surface area contributed by atoms with Crippen LogP contribution in [0.2, 0.25) is 0 Å². The van der Waals surface area contributed by atoms with Crippen molar-refractivity contribution in [3.05, 3.63) is 34.4 Å². The minimum atomic E-state index is -0.402. The molecule has 3 atom stereocenters. The smallest absolute Gasteiger partial charge is 0.269 e. The van der Waals surface area contributed by atoms with Gasteiger partial charge in [-0.3, -0.25) is 10.1 Å². The fourth-order valence-electron chi connectivity index (χ4n) is 3.57. The van der Waals surface area contributed by atoms with Crippen LogP contribution in [0.1, 0.15) is 25.7 Å². The fraction of sp³-hybridized carbons (Fsp3) is 0.600. The van der Waals surface area contributed by atoms with Gasteiger partial charge >= 0.3 is 0 Å². The van der Waals surface area contributed by atoms with E-state index in [1.54, 1.807) is 12.1 Å². The van der Waals surface area contributed by atoms with Crippen molar-refractivity contribution in [3.8, 4) is 5.75 Å². The summed E-state index contributed by atoms with van der Waals surface area (Å²) < 4.78 is 5.60. The van der Waals surface area contributed by atoms with Crippen LogP contribution in [0, 0.1) is 22.0 Å². The lowest BCUT2D eigenvalue weighted by Crippen LogP contribution is -2.36. The normalized spacial score (nSPS) is 27.7. The minimum Gasteiger partial charge on any atom is -0.492 e. The Kier molecular flexibility index (Phi) is 3.87. The number of hydrogen-bond acceptors (Lipinski definition) is 4. The monoisotopic (exact) mass is 276 g/mol. The van der Waals surface area contributed by atoms with E-state index in [1.807, 2.05) is 0 Å². The van der Waals surface area contributed by atoms with Gasteiger partial charge in [0.2, 0.25) is 0 Å². The van der Waals surface area contributed by atoms with Gasteiger partial charge in [-0.25, -0.2) is 0 Å². The number of fused-ring (bicyclic) bond motifs is 2. The zero-order valence-electron chi connectivity index (χ0n) is 11.5. The molecule has 2 aliphatic carbocycles. The minimum absolute atomic E-state index is 0.0949. The van der Waals surface area contributed by atoms with Crippen LogP contribution in [0.25, 0.3) is 0 Å². The first-order valence-corrected chi connectivity index (χ1v) is 7.33. The molecule has 2 bridgehead atoms. The third-order valence-electron chi connectivity index (χ3n) is 4.56. The van der Waals surface area contributed by atoms with Gasteiger partial charge < -0.3 is 10.1 Å². The van der Waals surface area contributed by atoms with E-state index in [1.165, 1.54) is 37.8 Å². The Morgan fingerprint density at radius 3 is 2.65 bits per heavy atom. The molecular weight excluding hydrogens is 256 g/mol. The highest BCUT2D eigenvalue weighted by Gasteiger charge is 2.38. The number of hydrogen-bond donors (Lipinski definition) is 1. The standard InChI is InChI=1S/C15H20N2O3/c18-17(19)13-3-5-14(6-4-13)20-8-7-16-15-10-11-1-2-12(15)9-11/h3-6,11-12,15-16H,1-2,7-10H2. The maximum Gasteiger partial charge on any atom is 0.269 e. The molecule has 2 aliphatic rings. The number of nitro groups is 1. The second-order valence-corrected chi connectivity index (χ2v) is 5.83. The Labute approximate surface area is 118 Å². The van der Waals surface area contributed by atoms with Crippen LogP contribution < -0.4 is 10.1 Å². The molecule has 0 saturated heterocycles. The zero-order valence-corrected chi connectivity index (χ0v) is 11.5. The summed E-state index contributed by atoms with van der Waals surface area (Å²) in [5.41, 5.74) is 0.0949. The number of ether oxygens (including phenoxy) is 1. The van der Waals surface area contributed by atoms with Gasteiger partial charge in [0.25, 0.3) is 5.69 Å². The van der Waals surface area contributed by atoms with E-state index in [-0.39, 0.29) is 5.69 Å². The van der Waals surface area contributed by atoms with Crippen LogP contribution in [-0.4, -0.2) is 24.1 Å². The van der Waals surface area contributed by atoms with Crippen molar-refractivity contribution >= 4 is 5.69 Å². The van der Waals surface area contributed by atoms with Crippen molar-refractivity contribution in [2.75, 3.05) is 13.2 Å². The molecule has 0 spiro atoms. The van der Waals surface area contributed by atoms with Gasteiger partial charge in [0.1, 0.15) is 12.4 Å². The topological polar surface area (TPSA) is 64.4 Å². The maximum absolute atomic E-state index is 10.5. The molecule has 1 N–H and O–H groups in total. The van der Waals surface area contributed by atoms with Gasteiger partial charge in [0, 0.05) is 24.7 Å². The molecule has 2 fully saturated rings. The second-order valence-electron chi connectivity index (χ2n) is 5.83. The van der Waals surface area contributed by atoms with Gasteiger partial charge in [0.05, 0.1) is 4.92 Å². The van der Waals surface area contributed by atoms with Gasteiger partial charge in [-0.2, -0.15) is 0 Å². The Balaban J connectivity index is 1.38. The summed E-state index contributed by atoms with van der Waals surface area (Å²) in [6, 6.07) is 6.91. The fourth-order valence-corrected chi connectivity index (χ4v) is 3.57. The van der Waals surface area contributed by atoms with Crippen LogP contribution in [0.4, 0.5) is 5.69 Å². The summed E-state index contributed by atoms with van der Waals surface area (Å²) in [7, 11) is 0. The third kappa shape index (κ3) is 2.93. The number of benzene rings is 1. The number of non-ortho nitro benzene ring substituents is 1. The summed E-state index contributed by atoms with van der Waals surface area (Å²) in [5.74, 6) is 2.51. The molecule has 5 heteroatoms. The van der Waals surface area contributed by atoms with Crippen LogP contribution >= 0.6 is 0 Å². The Bertz CT molecular complexity index is 475. The van der Waals surface area contributed by atoms with E-state index in [2.05, 4.69) is 5.32 Å². The van der Waals surface area contributed by atoms with Crippen LogP contribution in [0.5, 0.6) is 5.75 Å². The average Bonchev–Trinajstić information content (AvgIpc) is 3.06. The van der Waals surface area contributed by atoms with Crippen LogP contribution in [0.3, 0.4) is 0 Å². The maximum atomic E-state index is 10.5. The molecule has 1 aromatic carbocycles. The molecule has 0 amide bonds. The lowest BCUT2D eigenvalue weighted by Gasteiger charge is -2.22. The molecule has 3 rings (SSSR count).